The molecule has 4 rings (SSSR count). The Kier molecular flexibility index (Phi) is 8.05. The van der Waals surface area contributed by atoms with Crippen LogP contribution in [0.15, 0.2) is 48.5 Å². The molecule has 0 aromatic heterocycles. The minimum absolute atomic E-state index is 0.0341. The summed E-state index contributed by atoms with van der Waals surface area (Å²) in [4.78, 5) is 20.6. The van der Waals surface area contributed by atoms with E-state index in [0.29, 0.717) is 6.17 Å². The molecule has 2 fully saturated rings. The van der Waals surface area contributed by atoms with E-state index in [1.54, 1.807) is 0 Å². The summed E-state index contributed by atoms with van der Waals surface area (Å²) in [5, 5.41) is 3.34. The molecule has 2 aliphatic heterocycles. The highest BCUT2D eigenvalue weighted by atomic mass is 16.2. The predicted molar refractivity (Wildman–Crippen MR) is 135 cm³/mol. The van der Waals surface area contributed by atoms with Crippen LogP contribution >= 0.6 is 0 Å². The maximum absolute atomic E-state index is 13.3. The molecule has 2 amide bonds. The minimum Gasteiger partial charge on any atom is -0.327 e. The van der Waals surface area contributed by atoms with E-state index in [4.69, 9.17) is 0 Å². The number of urea groups is 1. The molecule has 33 heavy (non-hydrogen) atoms. The molecule has 1 unspecified atom stereocenters. The number of amides is 2. The maximum Gasteiger partial charge on any atom is 0.318 e. The Morgan fingerprint density at radius 3 is 1.73 bits per heavy atom. The van der Waals surface area contributed by atoms with E-state index in [2.05, 4.69) is 84.4 Å². The van der Waals surface area contributed by atoms with Gasteiger partial charge in [-0.3, -0.25) is 9.80 Å². The first-order valence-electron chi connectivity index (χ1n) is 12.7. The van der Waals surface area contributed by atoms with Crippen LogP contribution < -0.4 is 5.32 Å². The largest absolute Gasteiger partial charge is 0.327 e. The van der Waals surface area contributed by atoms with Gasteiger partial charge in [0.15, 0.2) is 0 Å². The van der Waals surface area contributed by atoms with Crippen molar-refractivity contribution in [3.05, 3.63) is 70.8 Å². The van der Waals surface area contributed by atoms with Crippen LogP contribution in [0, 0.1) is 13.8 Å². The van der Waals surface area contributed by atoms with Crippen LogP contribution in [-0.2, 0) is 0 Å². The van der Waals surface area contributed by atoms with Crippen LogP contribution in [0.4, 0.5) is 4.79 Å². The number of carbonyl (C=O) groups excluding carboxylic acids is 1. The average Bonchev–Trinajstić information content (AvgIpc) is 2.85. The molecule has 5 nitrogen and oxygen atoms in total. The van der Waals surface area contributed by atoms with Gasteiger partial charge in [-0.25, -0.2) is 4.79 Å². The number of hydrogen-bond donors (Lipinski definition) is 1. The van der Waals surface area contributed by atoms with Crippen LogP contribution in [0.1, 0.15) is 60.9 Å². The zero-order valence-corrected chi connectivity index (χ0v) is 20.6. The third-order valence-corrected chi connectivity index (χ3v) is 7.29. The Bertz CT molecular complexity index is 836. The smallest absolute Gasteiger partial charge is 0.318 e. The van der Waals surface area contributed by atoms with E-state index in [0.717, 1.165) is 43.7 Å². The third-order valence-electron chi connectivity index (χ3n) is 7.29. The van der Waals surface area contributed by atoms with Gasteiger partial charge in [0.2, 0.25) is 0 Å². The van der Waals surface area contributed by atoms with Gasteiger partial charge in [-0.2, -0.15) is 0 Å². The third kappa shape index (κ3) is 5.96. The topological polar surface area (TPSA) is 38.8 Å². The minimum atomic E-state index is -0.145. The van der Waals surface area contributed by atoms with E-state index in [1.807, 2.05) is 4.90 Å². The Hall–Kier alpha value is -2.37. The fraction of sp³-hybridized carbons (Fsp3) is 0.536. The van der Waals surface area contributed by atoms with Crippen molar-refractivity contribution in [2.75, 3.05) is 39.3 Å². The normalized spacial score (nSPS) is 19.0. The van der Waals surface area contributed by atoms with Crippen molar-refractivity contribution in [1.82, 2.24) is 20.0 Å². The molecule has 2 saturated heterocycles. The number of carbonyl (C=O) groups is 1. The van der Waals surface area contributed by atoms with Crippen molar-refractivity contribution < 1.29 is 4.79 Å². The highest BCUT2D eigenvalue weighted by Crippen LogP contribution is 2.24. The zero-order chi connectivity index (χ0) is 23.2. The Morgan fingerprint density at radius 2 is 1.24 bits per heavy atom. The highest BCUT2D eigenvalue weighted by molar-refractivity contribution is 5.75. The molecule has 2 aromatic rings. The van der Waals surface area contributed by atoms with Gasteiger partial charge < -0.3 is 10.2 Å². The molecule has 178 valence electrons. The fourth-order valence-corrected chi connectivity index (χ4v) is 5.28. The van der Waals surface area contributed by atoms with Crippen LogP contribution in [0.5, 0.6) is 0 Å². The summed E-state index contributed by atoms with van der Waals surface area (Å²) in [5.41, 5.74) is 4.69. The van der Waals surface area contributed by atoms with Crippen molar-refractivity contribution in [2.45, 2.75) is 58.7 Å². The quantitative estimate of drug-likeness (QED) is 0.680. The lowest BCUT2D eigenvalue weighted by atomic mass is 9.97. The molecule has 2 aromatic carbocycles. The van der Waals surface area contributed by atoms with Crippen LogP contribution in [0.2, 0.25) is 0 Å². The first-order chi connectivity index (χ1) is 16.0. The number of benzene rings is 2. The van der Waals surface area contributed by atoms with Gasteiger partial charge in [-0.05, 0) is 57.3 Å². The van der Waals surface area contributed by atoms with Crippen molar-refractivity contribution in [3.8, 4) is 0 Å². The molecule has 0 aliphatic carbocycles. The molecule has 1 N–H and O–H groups in total. The summed E-state index contributed by atoms with van der Waals surface area (Å²) in [6.07, 6.45) is 5.67. The van der Waals surface area contributed by atoms with Crippen LogP contribution in [-0.4, -0.2) is 66.2 Å². The zero-order valence-electron chi connectivity index (χ0n) is 20.6. The van der Waals surface area contributed by atoms with E-state index in [-0.39, 0.29) is 12.1 Å². The van der Waals surface area contributed by atoms with Crippen LogP contribution in [0.25, 0.3) is 0 Å². The monoisotopic (exact) mass is 448 g/mol. The van der Waals surface area contributed by atoms with E-state index < -0.39 is 0 Å². The van der Waals surface area contributed by atoms with Gasteiger partial charge in [-0.1, -0.05) is 73.0 Å². The molecule has 0 bridgehead atoms. The maximum atomic E-state index is 13.3. The molecule has 1 atom stereocenters. The summed E-state index contributed by atoms with van der Waals surface area (Å²) in [6, 6.07) is 16.9. The second kappa shape index (κ2) is 11.2. The lowest BCUT2D eigenvalue weighted by molar-refractivity contribution is 0.00287. The SMILES string of the molecule is CCC(N1CCCCC1)N1CCN(C(=O)NC(c2ccc(C)cc2)c2ccc(C)cc2)CC1. The number of piperazine rings is 1. The van der Waals surface area contributed by atoms with Crippen LogP contribution in [0.3, 0.4) is 0 Å². The number of nitrogens with one attached hydrogen (secondary N) is 1. The second-order valence-corrected chi connectivity index (χ2v) is 9.71. The van der Waals surface area contributed by atoms with E-state index in [1.165, 1.54) is 43.5 Å². The average molecular weight is 449 g/mol. The number of nitrogens with zero attached hydrogens (tertiary/aromatic N) is 3. The van der Waals surface area contributed by atoms with Gasteiger partial charge >= 0.3 is 6.03 Å². The van der Waals surface area contributed by atoms with Crippen molar-refractivity contribution in [2.24, 2.45) is 0 Å². The van der Waals surface area contributed by atoms with Crippen molar-refractivity contribution in [3.63, 3.8) is 0 Å². The fourth-order valence-electron chi connectivity index (χ4n) is 5.28. The molecule has 0 spiro atoms. The predicted octanol–water partition coefficient (Wildman–Crippen LogP) is 4.94. The van der Waals surface area contributed by atoms with Crippen molar-refractivity contribution >= 4 is 6.03 Å². The van der Waals surface area contributed by atoms with E-state index >= 15 is 0 Å². The molecule has 0 radical (unpaired) electrons. The highest BCUT2D eigenvalue weighted by Gasteiger charge is 2.30. The molecule has 2 aliphatic rings. The van der Waals surface area contributed by atoms with Gasteiger partial charge in [0, 0.05) is 26.2 Å². The number of rotatable bonds is 6. The summed E-state index contributed by atoms with van der Waals surface area (Å²) in [5.74, 6) is 0. The van der Waals surface area contributed by atoms with Crippen molar-refractivity contribution in [1.29, 1.82) is 0 Å². The molecular formula is C28H40N4O. The number of aryl methyl sites for hydroxylation is 2. The number of piperidine rings is 1. The number of hydrogen-bond acceptors (Lipinski definition) is 3. The molecule has 5 heteroatoms. The molecule has 2 heterocycles. The van der Waals surface area contributed by atoms with Gasteiger partial charge in [0.25, 0.3) is 0 Å². The molecule has 0 saturated carbocycles. The Labute approximate surface area is 199 Å². The summed E-state index contributed by atoms with van der Waals surface area (Å²) >= 11 is 0. The van der Waals surface area contributed by atoms with E-state index in [9.17, 15) is 4.79 Å². The lowest BCUT2D eigenvalue weighted by Crippen LogP contribution is -2.58. The van der Waals surface area contributed by atoms with Gasteiger partial charge in [-0.15, -0.1) is 0 Å². The number of likely N-dealkylation sites (tertiary alicyclic amines) is 1. The molecular weight excluding hydrogens is 408 g/mol. The Balaban J connectivity index is 1.41. The lowest BCUT2D eigenvalue weighted by Gasteiger charge is -2.45. The summed E-state index contributed by atoms with van der Waals surface area (Å²) in [7, 11) is 0. The standard InChI is InChI=1S/C28H40N4O/c1-4-26(30-16-6-5-7-17-30)31-18-20-32(21-19-31)28(33)29-27(24-12-8-22(2)9-13-24)25-14-10-23(3)11-15-25/h8-15,26-27H,4-7,16-21H2,1-3H3,(H,29,33). The first kappa shape index (κ1) is 23.8. The summed E-state index contributed by atoms with van der Waals surface area (Å²) in [6.45, 7) is 12.4. The Morgan fingerprint density at radius 1 is 0.758 bits per heavy atom. The summed E-state index contributed by atoms with van der Waals surface area (Å²) < 4.78 is 0. The van der Waals surface area contributed by atoms with Gasteiger partial charge in [0.05, 0.1) is 12.2 Å². The first-order valence-corrected chi connectivity index (χ1v) is 12.7. The second-order valence-electron chi connectivity index (χ2n) is 9.71. The van der Waals surface area contributed by atoms with Gasteiger partial charge in [0.1, 0.15) is 0 Å².